The van der Waals surface area contributed by atoms with Gasteiger partial charge in [0.25, 0.3) is 0 Å². The maximum atomic E-state index is 11.7. The maximum Gasteiger partial charge on any atom is 0.344 e. The lowest BCUT2D eigenvalue weighted by atomic mass is 10.1. The first kappa shape index (κ1) is 14.9. The molecule has 4 heteroatoms. The van der Waals surface area contributed by atoms with Crippen LogP contribution in [-0.2, 0) is 16.1 Å². The summed E-state index contributed by atoms with van der Waals surface area (Å²) in [6, 6.07) is 13.0. The van der Waals surface area contributed by atoms with Crippen LogP contribution >= 0.6 is 0 Å². The Kier molecular flexibility index (Phi) is 4.82. The Morgan fingerprint density at radius 2 is 1.95 bits per heavy atom. The van der Waals surface area contributed by atoms with Gasteiger partial charge >= 0.3 is 5.97 Å². The summed E-state index contributed by atoms with van der Waals surface area (Å²) in [6.07, 6.45) is 0. The minimum atomic E-state index is -0.404. The third kappa shape index (κ3) is 4.53. The van der Waals surface area contributed by atoms with Gasteiger partial charge in [0, 0.05) is 11.8 Å². The topological polar surface area (TPSA) is 61.5 Å². The molecule has 2 rings (SSSR count). The molecule has 21 heavy (non-hydrogen) atoms. The molecule has 2 N–H and O–H groups in total. The van der Waals surface area contributed by atoms with Crippen molar-refractivity contribution in [3.63, 3.8) is 0 Å². The highest BCUT2D eigenvalue weighted by molar-refractivity contribution is 5.71. The first-order valence-electron chi connectivity index (χ1n) is 6.74. The number of nitrogens with two attached hydrogens (primary N) is 1. The summed E-state index contributed by atoms with van der Waals surface area (Å²) in [5.41, 5.74) is 9.48. The van der Waals surface area contributed by atoms with E-state index >= 15 is 0 Å². The Labute approximate surface area is 124 Å². The van der Waals surface area contributed by atoms with Gasteiger partial charge in [-0.15, -0.1) is 0 Å². The van der Waals surface area contributed by atoms with Crippen LogP contribution < -0.4 is 10.5 Å². The lowest BCUT2D eigenvalue weighted by Gasteiger charge is -2.09. The zero-order chi connectivity index (χ0) is 15.2. The van der Waals surface area contributed by atoms with E-state index in [1.54, 1.807) is 24.3 Å². The molecular weight excluding hydrogens is 266 g/mol. The molecule has 0 spiro atoms. The number of esters is 1. The fourth-order valence-electron chi connectivity index (χ4n) is 1.90. The number of hydrogen-bond donors (Lipinski definition) is 1. The molecule has 4 nitrogen and oxygen atoms in total. The molecule has 0 aromatic heterocycles. The van der Waals surface area contributed by atoms with E-state index in [1.165, 1.54) is 0 Å². The van der Waals surface area contributed by atoms with Gasteiger partial charge in [-0.05, 0) is 37.1 Å². The van der Waals surface area contributed by atoms with Gasteiger partial charge in [0.15, 0.2) is 6.61 Å². The van der Waals surface area contributed by atoms with Crippen LogP contribution in [0.2, 0.25) is 0 Å². The molecule has 0 unspecified atom stereocenters. The maximum absolute atomic E-state index is 11.7. The van der Waals surface area contributed by atoms with Crippen molar-refractivity contribution in [2.75, 3.05) is 12.3 Å². The van der Waals surface area contributed by atoms with E-state index in [0.717, 1.165) is 16.7 Å². The summed E-state index contributed by atoms with van der Waals surface area (Å²) < 4.78 is 10.6. The van der Waals surface area contributed by atoms with Crippen molar-refractivity contribution in [3.05, 3.63) is 59.2 Å². The van der Waals surface area contributed by atoms with E-state index in [4.69, 9.17) is 15.2 Å². The normalized spacial score (nSPS) is 10.2. The number of benzene rings is 2. The number of aryl methyl sites for hydroxylation is 2. The third-order valence-corrected chi connectivity index (χ3v) is 3.11. The van der Waals surface area contributed by atoms with E-state index in [9.17, 15) is 4.79 Å². The van der Waals surface area contributed by atoms with E-state index in [2.05, 4.69) is 0 Å². The Hall–Kier alpha value is -2.49. The monoisotopic (exact) mass is 285 g/mol. The SMILES string of the molecule is Cc1ccc(C)c(COC(=O)COc2cccc(N)c2)c1. The van der Waals surface area contributed by atoms with Gasteiger partial charge in [-0.25, -0.2) is 4.79 Å². The standard InChI is InChI=1S/C17H19NO3/c1-12-6-7-13(2)14(8-12)10-21-17(19)11-20-16-5-3-4-15(18)9-16/h3-9H,10-11,18H2,1-2H3. The van der Waals surface area contributed by atoms with Crippen LogP contribution in [0.5, 0.6) is 5.75 Å². The zero-order valence-corrected chi connectivity index (χ0v) is 12.3. The molecule has 2 aromatic rings. The Bertz CT molecular complexity index is 638. The van der Waals surface area contributed by atoms with Crippen molar-refractivity contribution in [1.29, 1.82) is 0 Å². The second-order valence-corrected chi connectivity index (χ2v) is 4.95. The highest BCUT2D eigenvalue weighted by Crippen LogP contribution is 2.15. The van der Waals surface area contributed by atoms with Crippen molar-refractivity contribution in [2.24, 2.45) is 0 Å². The van der Waals surface area contributed by atoms with Gasteiger partial charge in [-0.1, -0.05) is 29.8 Å². The van der Waals surface area contributed by atoms with Crippen LogP contribution in [0.25, 0.3) is 0 Å². The smallest absolute Gasteiger partial charge is 0.344 e. The molecule has 0 amide bonds. The molecule has 0 saturated carbocycles. The largest absolute Gasteiger partial charge is 0.482 e. The van der Waals surface area contributed by atoms with Gasteiger partial charge in [0.1, 0.15) is 12.4 Å². The number of anilines is 1. The summed E-state index contributed by atoms with van der Waals surface area (Å²) in [4.78, 5) is 11.7. The first-order valence-corrected chi connectivity index (χ1v) is 6.74. The van der Waals surface area contributed by atoms with Gasteiger partial charge in [-0.3, -0.25) is 0 Å². The Balaban J connectivity index is 1.83. The molecule has 0 atom stereocenters. The first-order chi connectivity index (χ1) is 10.0. The van der Waals surface area contributed by atoms with Crippen LogP contribution in [0.3, 0.4) is 0 Å². The molecule has 0 aliphatic carbocycles. The second-order valence-electron chi connectivity index (χ2n) is 4.95. The molecule has 110 valence electrons. The van der Waals surface area contributed by atoms with Gasteiger partial charge in [0.05, 0.1) is 0 Å². The molecule has 0 saturated heterocycles. The summed E-state index contributed by atoms with van der Waals surface area (Å²) in [5, 5.41) is 0. The number of carbonyl (C=O) groups is 1. The predicted molar refractivity (Wildman–Crippen MR) is 82.1 cm³/mol. The number of ether oxygens (including phenoxy) is 2. The number of nitrogen functional groups attached to an aromatic ring is 1. The van der Waals surface area contributed by atoms with Crippen LogP contribution in [0, 0.1) is 13.8 Å². The molecule has 0 aliphatic rings. The van der Waals surface area contributed by atoms with E-state index in [0.29, 0.717) is 11.4 Å². The van der Waals surface area contributed by atoms with Gasteiger partial charge in [-0.2, -0.15) is 0 Å². The van der Waals surface area contributed by atoms with Crippen molar-refractivity contribution in [3.8, 4) is 5.75 Å². The van der Waals surface area contributed by atoms with Crippen molar-refractivity contribution in [1.82, 2.24) is 0 Å². The van der Waals surface area contributed by atoms with Crippen LogP contribution in [0.1, 0.15) is 16.7 Å². The predicted octanol–water partition coefficient (Wildman–Crippen LogP) is 3.01. The fraction of sp³-hybridized carbons (Fsp3) is 0.235. The van der Waals surface area contributed by atoms with Crippen LogP contribution in [0.4, 0.5) is 5.69 Å². The van der Waals surface area contributed by atoms with Crippen molar-refractivity contribution < 1.29 is 14.3 Å². The summed E-state index contributed by atoms with van der Waals surface area (Å²) in [5.74, 6) is 0.150. The number of hydrogen-bond acceptors (Lipinski definition) is 4. The minimum absolute atomic E-state index is 0.131. The fourth-order valence-corrected chi connectivity index (χ4v) is 1.90. The van der Waals surface area contributed by atoms with Gasteiger partial charge in [0.2, 0.25) is 0 Å². The van der Waals surface area contributed by atoms with Gasteiger partial charge < -0.3 is 15.2 Å². The van der Waals surface area contributed by atoms with Crippen LogP contribution in [0.15, 0.2) is 42.5 Å². The lowest BCUT2D eigenvalue weighted by molar-refractivity contribution is -0.147. The van der Waals surface area contributed by atoms with Crippen molar-refractivity contribution >= 4 is 11.7 Å². The molecule has 0 bridgehead atoms. The molecule has 0 heterocycles. The summed E-state index contributed by atoms with van der Waals surface area (Å²) in [6.45, 7) is 4.13. The summed E-state index contributed by atoms with van der Waals surface area (Å²) >= 11 is 0. The molecule has 0 fully saturated rings. The average Bonchev–Trinajstić information content (AvgIpc) is 2.46. The van der Waals surface area contributed by atoms with E-state index in [-0.39, 0.29) is 13.2 Å². The molecule has 0 radical (unpaired) electrons. The molecule has 2 aromatic carbocycles. The third-order valence-electron chi connectivity index (χ3n) is 3.11. The highest BCUT2D eigenvalue weighted by atomic mass is 16.6. The molecular formula is C17H19NO3. The second kappa shape index (κ2) is 6.79. The van der Waals surface area contributed by atoms with Crippen molar-refractivity contribution in [2.45, 2.75) is 20.5 Å². The number of carbonyl (C=O) groups excluding carboxylic acids is 1. The lowest BCUT2D eigenvalue weighted by Crippen LogP contribution is -2.15. The van der Waals surface area contributed by atoms with Crippen LogP contribution in [-0.4, -0.2) is 12.6 Å². The Morgan fingerprint density at radius 3 is 2.71 bits per heavy atom. The molecule has 0 aliphatic heterocycles. The quantitative estimate of drug-likeness (QED) is 0.677. The Morgan fingerprint density at radius 1 is 1.14 bits per heavy atom. The number of rotatable bonds is 5. The minimum Gasteiger partial charge on any atom is -0.482 e. The highest BCUT2D eigenvalue weighted by Gasteiger charge is 2.07. The zero-order valence-electron chi connectivity index (χ0n) is 12.3. The van der Waals surface area contributed by atoms with E-state index in [1.807, 2.05) is 32.0 Å². The average molecular weight is 285 g/mol. The van der Waals surface area contributed by atoms with E-state index < -0.39 is 5.97 Å². The summed E-state index contributed by atoms with van der Waals surface area (Å²) in [7, 11) is 0.